The van der Waals surface area contributed by atoms with Gasteiger partial charge in [-0.15, -0.1) is 11.3 Å². The zero-order valence-corrected chi connectivity index (χ0v) is 12.3. The lowest BCUT2D eigenvalue weighted by molar-refractivity contribution is 0.0977. The van der Waals surface area contributed by atoms with Gasteiger partial charge in [-0.2, -0.15) is 0 Å². The van der Waals surface area contributed by atoms with Crippen molar-refractivity contribution >= 4 is 28.0 Å². The van der Waals surface area contributed by atoms with Gasteiger partial charge in [-0.05, 0) is 42.1 Å². The smallest absolute Gasteiger partial charge is 0.172 e. The van der Waals surface area contributed by atoms with E-state index in [2.05, 4.69) is 4.98 Å². The molecule has 0 saturated carbocycles. The Morgan fingerprint density at radius 3 is 2.95 bits per heavy atom. The third-order valence-electron chi connectivity index (χ3n) is 3.21. The quantitative estimate of drug-likeness (QED) is 0.502. The molecule has 106 valence electrons. The van der Waals surface area contributed by atoms with Crippen LogP contribution in [0.1, 0.15) is 22.5 Å². The molecule has 0 aliphatic rings. The van der Waals surface area contributed by atoms with Crippen molar-refractivity contribution in [1.82, 2.24) is 4.98 Å². The molecule has 0 amide bonds. The molecule has 0 unspecified atom stereocenters. The van der Waals surface area contributed by atoms with Gasteiger partial charge in [0.15, 0.2) is 5.78 Å². The SMILES string of the molecule is O=C(CCCOc1cccc2ncccc12)c1cccs1. The molecule has 0 aliphatic carbocycles. The summed E-state index contributed by atoms with van der Waals surface area (Å²) in [6.45, 7) is 0.533. The molecule has 0 spiro atoms. The first-order valence-electron chi connectivity index (χ1n) is 6.88. The Morgan fingerprint density at radius 2 is 2.10 bits per heavy atom. The summed E-state index contributed by atoms with van der Waals surface area (Å²) in [7, 11) is 0. The van der Waals surface area contributed by atoms with Crippen molar-refractivity contribution < 1.29 is 9.53 Å². The zero-order chi connectivity index (χ0) is 14.5. The van der Waals surface area contributed by atoms with E-state index >= 15 is 0 Å². The molecule has 21 heavy (non-hydrogen) atoms. The minimum atomic E-state index is 0.188. The predicted octanol–water partition coefficient (Wildman–Crippen LogP) is 4.34. The third kappa shape index (κ3) is 3.28. The Kier molecular flexibility index (Phi) is 4.26. The summed E-state index contributed by atoms with van der Waals surface area (Å²) in [6.07, 6.45) is 3.00. The second-order valence-corrected chi connectivity index (χ2v) is 5.63. The molecule has 1 aromatic carbocycles. The molecule has 0 N–H and O–H groups in total. The van der Waals surface area contributed by atoms with E-state index in [1.807, 2.05) is 47.8 Å². The number of hydrogen-bond donors (Lipinski definition) is 0. The number of carbonyl (C=O) groups excluding carboxylic acids is 1. The first kappa shape index (κ1) is 13.8. The van der Waals surface area contributed by atoms with Crippen LogP contribution in [0.5, 0.6) is 5.75 Å². The Morgan fingerprint density at radius 1 is 1.14 bits per heavy atom. The number of rotatable bonds is 6. The lowest BCUT2D eigenvalue weighted by Crippen LogP contribution is -2.02. The van der Waals surface area contributed by atoms with Gasteiger partial charge in [0.05, 0.1) is 17.0 Å². The van der Waals surface area contributed by atoms with Crippen LogP contribution in [-0.2, 0) is 0 Å². The van der Waals surface area contributed by atoms with E-state index in [0.29, 0.717) is 19.4 Å². The van der Waals surface area contributed by atoms with E-state index in [-0.39, 0.29) is 5.78 Å². The van der Waals surface area contributed by atoms with Crippen molar-refractivity contribution in [3.05, 3.63) is 58.9 Å². The van der Waals surface area contributed by atoms with Gasteiger partial charge in [0.25, 0.3) is 0 Å². The molecule has 0 radical (unpaired) electrons. The Balaban J connectivity index is 1.56. The number of thiophene rings is 1. The highest BCUT2D eigenvalue weighted by atomic mass is 32.1. The van der Waals surface area contributed by atoms with Crippen molar-refractivity contribution in [2.45, 2.75) is 12.8 Å². The van der Waals surface area contributed by atoms with Crippen LogP contribution in [-0.4, -0.2) is 17.4 Å². The number of aromatic nitrogens is 1. The molecule has 4 heteroatoms. The number of Topliss-reactive ketones (excluding diaryl/α,β-unsaturated/α-hetero) is 1. The monoisotopic (exact) mass is 297 g/mol. The van der Waals surface area contributed by atoms with Gasteiger partial charge in [0.1, 0.15) is 5.75 Å². The molecule has 3 rings (SSSR count). The molecule has 0 bridgehead atoms. The van der Waals surface area contributed by atoms with Crippen LogP contribution in [0.3, 0.4) is 0 Å². The van der Waals surface area contributed by atoms with Gasteiger partial charge in [0.2, 0.25) is 0 Å². The van der Waals surface area contributed by atoms with E-state index in [1.54, 1.807) is 6.20 Å². The average Bonchev–Trinajstić information content (AvgIpc) is 3.06. The van der Waals surface area contributed by atoms with E-state index in [9.17, 15) is 4.79 Å². The van der Waals surface area contributed by atoms with Crippen LogP contribution in [0, 0.1) is 0 Å². The molecule has 2 aromatic heterocycles. The Bertz CT molecular complexity index is 732. The van der Waals surface area contributed by atoms with Crippen LogP contribution in [0.15, 0.2) is 54.0 Å². The molecule has 3 nitrogen and oxygen atoms in total. The van der Waals surface area contributed by atoms with Crippen molar-refractivity contribution in [3.8, 4) is 5.75 Å². The molecule has 0 fully saturated rings. The summed E-state index contributed by atoms with van der Waals surface area (Å²) in [4.78, 5) is 17.0. The third-order valence-corrected chi connectivity index (χ3v) is 4.12. The van der Waals surface area contributed by atoms with Crippen molar-refractivity contribution in [2.24, 2.45) is 0 Å². The van der Waals surface area contributed by atoms with Gasteiger partial charge >= 0.3 is 0 Å². The maximum absolute atomic E-state index is 11.9. The van der Waals surface area contributed by atoms with Gasteiger partial charge in [-0.25, -0.2) is 0 Å². The fourth-order valence-electron chi connectivity index (χ4n) is 2.18. The first-order valence-corrected chi connectivity index (χ1v) is 7.76. The maximum Gasteiger partial charge on any atom is 0.172 e. The second-order valence-electron chi connectivity index (χ2n) is 4.68. The average molecular weight is 297 g/mol. The fraction of sp³-hybridized carbons (Fsp3) is 0.176. The number of benzene rings is 1. The number of pyridine rings is 1. The second kappa shape index (κ2) is 6.50. The highest BCUT2D eigenvalue weighted by molar-refractivity contribution is 7.12. The van der Waals surface area contributed by atoms with Crippen LogP contribution >= 0.6 is 11.3 Å². The number of fused-ring (bicyclic) bond motifs is 1. The van der Waals surface area contributed by atoms with E-state index < -0.39 is 0 Å². The lowest BCUT2D eigenvalue weighted by atomic mass is 10.2. The number of hydrogen-bond acceptors (Lipinski definition) is 4. The van der Waals surface area contributed by atoms with E-state index in [0.717, 1.165) is 21.5 Å². The fourth-order valence-corrected chi connectivity index (χ4v) is 2.87. The topological polar surface area (TPSA) is 39.2 Å². The maximum atomic E-state index is 11.9. The van der Waals surface area contributed by atoms with Crippen LogP contribution < -0.4 is 4.74 Å². The molecule has 0 atom stereocenters. The number of nitrogens with zero attached hydrogens (tertiary/aromatic N) is 1. The summed E-state index contributed by atoms with van der Waals surface area (Å²) in [5.41, 5.74) is 0.921. The lowest BCUT2D eigenvalue weighted by Gasteiger charge is -2.08. The summed E-state index contributed by atoms with van der Waals surface area (Å²) in [5, 5.41) is 2.93. The molecule has 3 aromatic rings. The van der Waals surface area contributed by atoms with Gasteiger partial charge in [0, 0.05) is 18.0 Å². The van der Waals surface area contributed by atoms with E-state index in [1.165, 1.54) is 11.3 Å². The summed E-state index contributed by atoms with van der Waals surface area (Å²) in [5.74, 6) is 1.01. The van der Waals surface area contributed by atoms with Crippen LogP contribution in [0.4, 0.5) is 0 Å². The standard InChI is InChI=1S/C17H15NO2S/c19-15(17-9-4-12-21-17)7-3-11-20-16-8-1-6-14-13(16)5-2-10-18-14/h1-2,4-6,8-10,12H,3,7,11H2. The van der Waals surface area contributed by atoms with Crippen molar-refractivity contribution in [3.63, 3.8) is 0 Å². The number of ketones is 1. The molecule has 0 saturated heterocycles. The zero-order valence-electron chi connectivity index (χ0n) is 11.5. The van der Waals surface area contributed by atoms with Crippen molar-refractivity contribution in [2.75, 3.05) is 6.61 Å². The summed E-state index contributed by atoms with van der Waals surface area (Å²) >= 11 is 1.49. The molecule has 0 aliphatic heterocycles. The molecular weight excluding hydrogens is 282 g/mol. The van der Waals surface area contributed by atoms with Crippen LogP contribution in [0.2, 0.25) is 0 Å². The highest BCUT2D eigenvalue weighted by Gasteiger charge is 2.07. The minimum absolute atomic E-state index is 0.188. The van der Waals surface area contributed by atoms with Crippen LogP contribution in [0.25, 0.3) is 10.9 Å². The van der Waals surface area contributed by atoms with Gasteiger partial charge in [-0.3, -0.25) is 9.78 Å². The minimum Gasteiger partial charge on any atom is -0.493 e. The Labute approximate surface area is 127 Å². The normalized spacial score (nSPS) is 10.7. The van der Waals surface area contributed by atoms with Gasteiger partial charge in [-0.1, -0.05) is 12.1 Å². The van der Waals surface area contributed by atoms with Gasteiger partial charge < -0.3 is 4.74 Å². The van der Waals surface area contributed by atoms with E-state index in [4.69, 9.17) is 4.74 Å². The number of ether oxygens (including phenoxy) is 1. The highest BCUT2D eigenvalue weighted by Crippen LogP contribution is 2.23. The Hall–Kier alpha value is -2.20. The summed E-state index contributed by atoms with van der Waals surface area (Å²) < 4.78 is 5.80. The summed E-state index contributed by atoms with van der Waals surface area (Å²) in [6, 6.07) is 13.5. The molecular formula is C17H15NO2S. The van der Waals surface area contributed by atoms with Crippen molar-refractivity contribution in [1.29, 1.82) is 0 Å². The predicted molar refractivity (Wildman–Crippen MR) is 85.1 cm³/mol. The largest absolute Gasteiger partial charge is 0.493 e. The first-order chi connectivity index (χ1) is 10.3. The molecule has 2 heterocycles. The number of carbonyl (C=O) groups is 1.